The highest BCUT2D eigenvalue weighted by atomic mass is 16.5. The molecule has 2 N–H and O–H groups in total. The van der Waals surface area contributed by atoms with E-state index in [-0.39, 0.29) is 42.1 Å². The number of ether oxygens (including phenoxy) is 1. The van der Waals surface area contributed by atoms with Crippen molar-refractivity contribution in [2.75, 3.05) is 6.61 Å². The number of nitrogens with zero attached hydrogens (tertiary/aromatic N) is 1. The van der Waals surface area contributed by atoms with E-state index in [0.29, 0.717) is 16.7 Å². The van der Waals surface area contributed by atoms with Gasteiger partial charge in [0.25, 0.3) is 5.56 Å². The molecule has 0 spiro atoms. The second-order valence-electron chi connectivity index (χ2n) is 9.18. The highest BCUT2D eigenvalue weighted by molar-refractivity contribution is 5.78. The van der Waals surface area contributed by atoms with Crippen LogP contribution in [0.5, 0.6) is 0 Å². The Morgan fingerprint density at radius 1 is 1.10 bits per heavy atom. The van der Waals surface area contributed by atoms with E-state index in [1.165, 1.54) is 5.56 Å². The van der Waals surface area contributed by atoms with Gasteiger partial charge in [-0.3, -0.25) is 9.59 Å². The molecule has 1 atom stereocenters. The summed E-state index contributed by atoms with van der Waals surface area (Å²) in [4.78, 5) is 31.7. The molecule has 3 rings (SSSR count). The van der Waals surface area contributed by atoms with Crippen LogP contribution in [0.4, 0.5) is 0 Å². The molecule has 0 aliphatic rings. The average Bonchev–Trinajstić information content (AvgIpc) is 2.71. The molecule has 1 amide bonds. The molecule has 0 aliphatic carbocycles. The van der Waals surface area contributed by atoms with E-state index in [1.54, 1.807) is 18.2 Å². The van der Waals surface area contributed by atoms with Crippen LogP contribution in [-0.2, 0) is 21.6 Å². The fraction of sp³-hybridized carbons (Fsp3) is 0.400. The molecule has 164 valence electrons. The Labute approximate surface area is 183 Å². The Morgan fingerprint density at radius 3 is 2.42 bits per heavy atom. The Bertz CT molecular complexity index is 1100. The molecule has 0 saturated carbocycles. The molecule has 0 radical (unpaired) electrons. The summed E-state index contributed by atoms with van der Waals surface area (Å²) in [6, 6.07) is 15.4. The van der Waals surface area contributed by atoms with Gasteiger partial charge in [0.05, 0.1) is 16.9 Å². The van der Waals surface area contributed by atoms with Crippen molar-refractivity contribution in [3.05, 3.63) is 75.8 Å². The highest BCUT2D eigenvalue weighted by Crippen LogP contribution is 2.26. The number of aromatic amines is 1. The molecule has 0 saturated heterocycles. The van der Waals surface area contributed by atoms with Gasteiger partial charge in [0.15, 0.2) is 0 Å². The molecule has 1 aromatic heterocycles. The lowest BCUT2D eigenvalue weighted by Crippen LogP contribution is -2.34. The van der Waals surface area contributed by atoms with E-state index in [0.717, 1.165) is 5.56 Å². The highest BCUT2D eigenvalue weighted by Gasteiger charge is 2.20. The van der Waals surface area contributed by atoms with Crippen LogP contribution >= 0.6 is 0 Å². The molecule has 6 nitrogen and oxygen atoms in total. The number of para-hydroxylation sites is 1. The number of H-pyrrole nitrogens is 1. The summed E-state index contributed by atoms with van der Waals surface area (Å²) in [7, 11) is 0. The zero-order valence-electron chi connectivity index (χ0n) is 18.9. The number of fused-ring (bicyclic) bond motifs is 1. The quantitative estimate of drug-likeness (QED) is 0.597. The lowest BCUT2D eigenvalue weighted by molar-refractivity contribution is -0.127. The summed E-state index contributed by atoms with van der Waals surface area (Å²) in [5.41, 5.74) is 2.79. The smallest absolute Gasteiger partial charge is 0.258 e. The summed E-state index contributed by atoms with van der Waals surface area (Å²) >= 11 is 0. The molecule has 0 unspecified atom stereocenters. The fourth-order valence-corrected chi connectivity index (χ4v) is 3.48. The SMILES string of the molecule is CC(C)[C@@H](NC(=O)COCc1nc2ccccc2c(=O)[nH]1)c1ccc(C(C)(C)C)cc1. The fourth-order valence-electron chi connectivity index (χ4n) is 3.48. The topological polar surface area (TPSA) is 84.1 Å². The first-order valence-corrected chi connectivity index (χ1v) is 10.6. The number of benzene rings is 2. The van der Waals surface area contributed by atoms with Crippen LogP contribution in [-0.4, -0.2) is 22.5 Å². The third-order valence-electron chi connectivity index (χ3n) is 5.25. The molecular weight excluding hydrogens is 390 g/mol. The number of amides is 1. The molecule has 1 heterocycles. The maximum Gasteiger partial charge on any atom is 0.258 e. The van der Waals surface area contributed by atoms with E-state index in [1.807, 2.05) is 6.07 Å². The minimum Gasteiger partial charge on any atom is -0.364 e. The third-order valence-corrected chi connectivity index (χ3v) is 5.25. The molecule has 0 aliphatic heterocycles. The van der Waals surface area contributed by atoms with E-state index in [9.17, 15) is 9.59 Å². The van der Waals surface area contributed by atoms with Crippen LogP contribution in [0.15, 0.2) is 53.3 Å². The van der Waals surface area contributed by atoms with Crippen molar-refractivity contribution in [2.24, 2.45) is 5.92 Å². The van der Waals surface area contributed by atoms with Gasteiger partial charge in [-0.15, -0.1) is 0 Å². The zero-order valence-corrected chi connectivity index (χ0v) is 18.9. The summed E-state index contributed by atoms with van der Waals surface area (Å²) in [6.45, 7) is 10.6. The maximum atomic E-state index is 12.5. The number of carbonyl (C=O) groups is 1. The van der Waals surface area contributed by atoms with E-state index in [4.69, 9.17) is 4.74 Å². The summed E-state index contributed by atoms with van der Waals surface area (Å²) in [5, 5.41) is 3.59. The van der Waals surface area contributed by atoms with Crippen molar-refractivity contribution in [1.82, 2.24) is 15.3 Å². The van der Waals surface area contributed by atoms with Gasteiger partial charge in [-0.2, -0.15) is 0 Å². The zero-order chi connectivity index (χ0) is 22.6. The van der Waals surface area contributed by atoms with Crippen molar-refractivity contribution in [3.63, 3.8) is 0 Å². The van der Waals surface area contributed by atoms with Crippen LogP contribution in [0, 0.1) is 5.92 Å². The van der Waals surface area contributed by atoms with Gasteiger partial charge in [0.2, 0.25) is 5.91 Å². The van der Waals surface area contributed by atoms with Crippen molar-refractivity contribution in [2.45, 2.75) is 52.7 Å². The van der Waals surface area contributed by atoms with Gasteiger partial charge in [-0.25, -0.2) is 4.98 Å². The van der Waals surface area contributed by atoms with E-state index in [2.05, 4.69) is 74.2 Å². The number of hydrogen-bond donors (Lipinski definition) is 2. The standard InChI is InChI=1S/C25H31N3O3/c1-16(2)23(17-10-12-18(13-11-17)25(3,4)5)28-22(29)15-31-14-21-26-20-9-7-6-8-19(20)24(30)27-21/h6-13,16,23H,14-15H2,1-5H3,(H,28,29)(H,26,27,30)/t23-/m1/s1. The van der Waals surface area contributed by atoms with Crippen molar-refractivity contribution in [1.29, 1.82) is 0 Å². The summed E-state index contributed by atoms with van der Waals surface area (Å²) in [6.07, 6.45) is 0. The van der Waals surface area contributed by atoms with Crippen molar-refractivity contribution >= 4 is 16.8 Å². The second-order valence-corrected chi connectivity index (χ2v) is 9.18. The Kier molecular flexibility index (Phi) is 6.91. The van der Waals surface area contributed by atoms with Gasteiger partial charge >= 0.3 is 0 Å². The van der Waals surface area contributed by atoms with E-state index < -0.39 is 0 Å². The van der Waals surface area contributed by atoms with Crippen LogP contribution in [0.1, 0.15) is 57.6 Å². The predicted octanol–water partition coefficient (Wildman–Crippen LogP) is 4.25. The number of hydrogen-bond acceptors (Lipinski definition) is 4. The van der Waals surface area contributed by atoms with Crippen molar-refractivity contribution in [3.8, 4) is 0 Å². The van der Waals surface area contributed by atoms with Crippen LogP contribution in [0.3, 0.4) is 0 Å². The van der Waals surface area contributed by atoms with Gasteiger partial charge in [0.1, 0.15) is 19.0 Å². The first-order chi connectivity index (χ1) is 14.6. The minimum absolute atomic E-state index is 0.0557. The average molecular weight is 422 g/mol. The maximum absolute atomic E-state index is 12.5. The number of nitrogens with one attached hydrogen (secondary N) is 2. The van der Waals surface area contributed by atoms with Crippen LogP contribution < -0.4 is 10.9 Å². The van der Waals surface area contributed by atoms with Gasteiger partial charge in [-0.05, 0) is 34.6 Å². The van der Waals surface area contributed by atoms with Crippen LogP contribution in [0.2, 0.25) is 0 Å². The van der Waals surface area contributed by atoms with E-state index >= 15 is 0 Å². The Morgan fingerprint density at radius 2 is 1.77 bits per heavy atom. The molecule has 0 fully saturated rings. The molecule has 0 bridgehead atoms. The monoisotopic (exact) mass is 421 g/mol. The normalized spacial score (nSPS) is 12.8. The van der Waals surface area contributed by atoms with Crippen molar-refractivity contribution < 1.29 is 9.53 Å². The first kappa shape index (κ1) is 22.7. The third kappa shape index (κ3) is 5.79. The lowest BCUT2D eigenvalue weighted by Gasteiger charge is -2.25. The van der Waals surface area contributed by atoms with Gasteiger partial charge < -0.3 is 15.0 Å². The molecule has 3 aromatic rings. The molecular formula is C25H31N3O3. The van der Waals surface area contributed by atoms with Gasteiger partial charge in [-0.1, -0.05) is 71.0 Å². The van der Waals surface area contributed by atoms with Gasteiger partial charge in [0, 0.05) is 0 Å². The molecule has 6 heteroatoms. The van der Waals surface area contributed by atoms with Crippen LogP contribution in [0.25, 0.3) is 10.9 Å². The first-order valence-electron chi connectivity index (χ1n) is 10.6. The lowest BCUT2D eigenvalue weighted by atomic mass is 9.85. The Hall–Kier alpha value is -2.99. The predicted molar refractivity (Wildman–Crippen MR) is 123 cm³/mol. The number of aromatic nitrogens is 2. The second kappa shape index (κ2) is 9.43. The number of carbonyl (C=O) groups excluding carboxylic acids is 1. The Balaban J connectivity index is 1.60. The summed E-state index contributed by atoms with van der Waals surface area (Å²) < 4.78 is 5.52. The largest absolute Gasteiger partial charge is 0.364 e. The molecule has 2 aromatic carbocycles. The molecule has 31 heavy (non-hydrogen) atoms. The summed E-state index contributed by atoms with van der Waals surface area (Å²) in [5.74, 6) is 0.416. The minimum atomic E-state index is -0.216. The number of rotatable bonds is 7.